The van der Waals surface area contributed by atoms with Crippen LogP contribution in [0.25, 0.3) is 10.2 Å². The van der Waals surface area contributed by atoms with Crippen molar-refractivity contribution in [2.45, 2.75) is 20.4 Å². The zero-order chi connectivity index (χ0) is 14.7. The number of nitrogens with zero attached hydrogens (tertiary/aromatic N) is 2. The molecule has 0 unspecified atom stereocenters. The van der Waals surface area contributed by atoms with Gasteiger partial charge >= 0.3 is 0 Å². The second kappa shape index (κ2) is 6.23. The Hall–Kier alpha value is -1.60. The minimum Gasteiger partial charge on any atom is -0.380 e. The number of carbonyl (C=O) groups excluding carboxylic acids is 1. The number of carbonyl (C=O) groups is 1. The molecule has 20 heavy (non-hydrogen) atoms. The van der Waals surface area contributed by atoms with E-state index >= 15 is 0 Å². The highest BCUT2D eigenvalue weighted by Gasteiger charge is 2.13. The fourth-order valence-corrected chi connectivity index (χ4v) is 3.00. The molecular formula is C13H14F2N2O2S. The van der Waals surface area contributed by atoms with Crippen LogP contribution in [0.5, 0.6) is 0 Å². The van der Waals surface area contributed by atoms with E-state index in [0.29, 0.717) is 29.3 Å². The predicted octanol–water partition coefficient (Wildman–Crippen LogP) is 2.46. The van der Waals surface area contributed by atoms with Gasteiger partial charge in [-0.2, -0.15) is 4.99 Å². The largest absolute Gasteiger partial charge is 0.380 e. The summed E-state index contributed by atoms with van der Waals surface area (Å²) in [5.41, 5.74) is 0.246. The highest BCUT2D eigenvalue weighted by molar-refractivity contribution is 7.16. The van der Waals surface area contributed by atoms with Gasteiger partial charge in [-0.05, 0) is 13.0 Å². The molecule has 108 valence electrons. The topological polar surface area (TPSA) is 43.6 Å². The summed E-state index contributed by atoms with van der Waals surface area (Å²) in [6.45, 7) is 4.42. The van der Waals surface area contributed by atoms with Crippen LogP contribution >= 0.6 is 11.3 Å². The van der Waals surface area contributed by atoms with E-state index in [4.69, 9.17) is 4.74 Å². The molecular weight excluding hydrogens is 286 g/mol. The standard InChI is InChI=1S/C13H14F2N2O2S/c1-3-19-5-4-17-12-10(15)6-9(14)7-11(12)20-13(17)16-8(2)18/h6-7H,3-5H2,1-2H3. The molecule has 0 saturated heterocycles. The Labute approximate surface area is 118 Å². The van der Waals surface area contributed by atoms with Crippen molar-refractivity contribution < 1.29 is 18.3 Å². The normalized spacial score (nSPS) is 12.3. The van der Waals surface area contributed by atoms with Gasteiger partial charge in [0.1, 0.15) is 5.82 Å². The van der Waals surface area contributed by atoms with Gasteiger partial charge in [0, 0.05) is 26.1 Å². The summed E-state index contributed by atoms with van der Waals surface area (Å²) in [6.07, 6.45) is 0. The Morgan fingerprint density at radius 1 is 1.45 bits per heavy atom. The lowest BCUT2D eigenvalue weighted by molar-refractivity contribution is -0.116. The Balaban J connectivity index is 2.62. The maximum absolute atomic E-state index is 13.9. The molecule has 0 N–H and O–H groups in total. The van der Waals surface area contributed by atoms with Gasteiger partial charge in [0.25, 0.3) is 0 Å². The molecule has 1 amide bonds. The highest BCUT2D eigenvalue weighted by Crippen LogP contribution is 2.22. The van der Waals surface area contributed by atoms with Crippen LogP contribution in [0.2, 0.25) is 0 Å². The van der Waals surface area contributed by atoms with Crippen molar-refractivity contribution in [1.29, 1.82) is 0 Å². The quantitative estimate of drug-likeness (QED) is 0.814. The fraction of sp³-hybridized carbons (Fsp3) is 0.385. The number of aromatic nitrogens is 1. The number of benzene rings is 1. The van der Waals surface area contributed by atoms with E-state index in [9.17, 15) is 13.6 Å². The lowest BCUT2D eigenvalue weighted by atomic mass is 10.3. The van der Waals surface area contributed by atoms with Crippen LogP contribution in [0.15, 0.2) is 17.1 Å². The van der Waals surface area contributed by atoms with Crippen molar-refractivity contribution in [2.75, 3.05) is 13.2 Å². The van der Waals surface area contributed by atoms with E-state index < -0.39 is 11.6 Å². The molecule has 0 saturated carbocycles. The van der Waals surface area contributed by atoms with Crippen molar-refractivity contribution in [3.8, 4) is 0 Å². The maximum Gasteiger partial charge on any atom is 0.245 e. The van der Waals surface area contributed by atoms with E-state index in [2.05, 4.69) is 4.99 Å². The summed E-state index contributed by atoms with van der Waals surface area (Å²) >= 11 is 1.08. The van der Waals surface area contributed by atoms with E-state index in [-0.39, 0.29) is 11.4 Å². The van der Waals surface area contributed by atoms with Crippen LogP contribution in [0, 0.1) is 11.6 Å². The summed E-state index contributed by atoms with van der Waals surface area (Å²) in [6, 6.07) is 2.06. The van der Waals surface area contributed by atoms with Gasteiger partial charge in [-0.1, -0.05) is 11.3 Å². The summed E-state index contributed by atoms with van der Waals surface area (Å²) in [4.78, 5) is 15.3. The van der Waals surface area contributed by atoms with Crippen molar-refractivity contribution in [3.05, 3.63) is 28.6 Å². The summed E-state index contributed by atoms with van der Waals surface area (Å²) in [5, 5.41) is 0. The number of thiazole rings is 1. The minimum absolute atomic E-state index is 0.246. The van der Waals surface area contributed by atoms with E-state index in [1.54, 1.807) is 4.57 Å². The third-order valence-electron chi connectivity index (χ3n) is 2.61. The highest BCUT2D eigenvalue weighted by atomic mass is 32.1. The van der Waals surface area contributed by atoms with Gasteiger partial charge in [0.05, 0.1) is 16.8 Å². The third-order valence-corrected chi connectivity index (χ3v) is 3.64. The lowest BCUT2D eigenvalue weighted by Crippen LogP contribution is -2.19. The molecule has 0 atom stereocenters. The smallest absolute Gasteiger partial charge is 0.245 e. The summed E-state index contributed by atoms with van der Waals surface area (Å²) in [7, 11) is 0. The number of rotatable bonds is 4. The molecule has 0 spiro atoms. The van der Waals surface area contributed by atoms with Gasteiger partial charge in [0.15, 0.2) is 10.6 Å². The molecule has 1 aromatic carbocycles. The number of fused-ring (bicyclic) bond motifs is 1. The second-order valence-corrected chi connectivity index (χ2v) is 5.11. The average molecular weight is 300 g/mol. The molecule has 0 fully saturated rings. The average Bonchev–Trinajstić information content (AvgIpc) is 2.66. The maximum atomic E-state index is 13.9. The van der Waals surface area contributed by atoms with Crippen molar-refractivity contribution in [2.24, 2.45) is 4.99 Å². The Morgan fingerprint density at radius 3 is 2.85 bits per heavy atom. The van der Waals surface area contributed by atoms with E-state index in [1.807, 2.05) is 6.92 Å². The van der Waals surface area contributed by atoms with Crippen molar-refractivity contribution in [1.82, 2.24) is 4.57 Å². The van der Waals surface area contributed by atoms with E-state index in [1.165, 1.54) is 13.0 Å². The van der Waals surface area contributed by atoms with Crippen LogP contribution in [0.4, 0.5) is 8.78 Å². The van der Waals surface area contributed by atoms with Gasteiger partial charge in [0.2, 0.25) is 5.91 Å². The summed E-state index contributed by atoms with van der Waals surface area (Å²) in [5.74, 6) is -1.71. The first kappa shape index (κ1) is 14.8. The van der Waals surface area contributed by atoms with Crippen LogP contribution in [-0.2, 0) is 16.1 Å². The van der Waals surface area contributed by atoms with Gasteiger partial charge in [-0.25, -0.2) is 8.78 Å². The zero-order valence-electron chi connectivity index (χ0n) is 11.2. The van der Waals surface area contributed by atoms with Crippen LogP contribution in [-0.4, -0.2) is 23.7 Å². The van der Waals surface area contributed by atoms with E-state index in [0.717, 1.165) is 17.4 Å². The van der Waals surface area contributed by atoms with Gasteiger partial charge in [-0.15, -0.1) is 0 Å². The molecule has 2 aromatic rings. The van der Waals surface area contributed by atoms with Crippen LogP contribution < -0.4 is 4.80 Å². The number of hydrogen-bond acceptors (Lipinski definition) is 3. The first-order valence-electron chi connectivity index (χ1n) is 6.14. The Kier molecular flexibility index (Phi) is 4.61. The number of hydrogen-bond donors (Lipinski definition) is 0. The monoisotopic (exact) mass is 300 g/mol. The molecule has 0 bridgehead atoms. The molecule has 2 rings (SSSR count). The zero-order valence-corrected chi connectivity index (χ0v) is 12.0. The number of ether oxygens (including phenoxy) is 1. The molecule has 0 aliphatic carbocycles. The predicted molar refractivity (Wildman–Crippen MR) is 72.5 cm³/mol. The molecule has 1 heterocycles. The second-order valence-electron chi connectivity index (χ2n) is 4.10. The van der Waals surface area contributed by atoms with Crippen LogP contribution in [0.3, 0.4) is 0 Å². The lowest BCUT2D eigenvalue weighted by Gasteiger charge is -2.06. The van der Waals surface area contributed by atoms with Gasteiger partial charge < -0.3 is 9.30 Å². The van der Waals surface area contributed by atoms with Crippen molar-refractivity contribution in [3.63, 3.8) is 0 Å². The molecule has 4 nitrogen and oxygen atoms in total. The SMILES string of the molecule is CCOCCn1c(=NC(C)=O)sc2cc(F)cc(F)c21. The fourth-order valence-electron chi connectivity index (χ4n) is 1.86. The van der Waals surface area contributed by atoms with Crippen LogP contribution in [0.1, 0.15) is 13.8 Å². The molecule has 7 heteroatoms. The van der Waals surface area contributed by atoms with Crippen molar-refractivity contribution >= 4 is 27.5 Å². The Morgan fingerprint density at radius 2 is 2.20 bits per heavy atom. The first-order chi connectivity index (χ1) is 9.52. The third kappa shape index (κ3) is 3.10. The Bertz CT molecular complexity index is 706. The molecule has 0 aliphatic heterocycles. The number of halogens is 2. The number of amides is 1. The van der Waals surface area contributed by atoms with Gasteiger partial charge in [-0.3, -0.25) is 4.79 Å². The minimum atomic E-state index is -0.669. The first-order valence-corrected chi connectivity index (χ1v) is 6.96. The molecule has 1 aromatic heterocycles. The molecule has 0 aliphatic rings. The summed E-state index contributed by atoms with van der Waals surface area (Å²) < 4.78 is 34.4. The molecule has 0 radical (unpaired) electrons.